The Morgan fingerprint density at radius 2 is 2.10 bits per heavy atom. The van der Waals surface area contributed by atoms with Crippen LogP contribution in [0.2, 0.25) is 5.02 Å². The zero-order valence-electron chi connectivity index (χ0n) is 11.5. The van der Waals surface area contributed by atoms with E-state index in [4.69, 9.17) is 22.5 Å². The Labute approximate surface area is 127 Å². The van der Waals surface area contributed by atoms with Crippen molar-refractivity contribution in [2.75, 3.05) is 6.54 Å². The molecule has 4 N–H and O–H groups in total. The minimum atomic E-state index is -0.345. The minimum Gasteiger partial charge on any atom is -0.507 e. The Hall–Kier alpha value is -1.95. The number of hydrogen-bond acceptors (Lipinski definition) is 4. The van der Waals surface area contributed by atoms with Crippen molar-refractivity contribution in [3.05, 3.63) is 28.8 Å². The van der Waals surface area contributed by atoms with Crippen LogP contribution >= 0.6 is 11.6 Å². The summed E-state index contributed by atoms with van der Waals surface area (Å²) in [7, 11) is 0. The van der Waals surface area contributed by atoms with Crippen LogP contribution in [0.3, 0.4) is 0 Å². The molecule has 1 aromatic rings. The van der Waals surface area contributed by atoms with Gasteiger partial charge in [-0.05, 0) is 31.0 Å². The molecule has 0 spiro atoms. The minimum absolute atomic E-state index is 0.0298. The molecular weight excluding hydrogens is 294 g/mol. The second kappa shape index (κ2) is 6.67. The van der Waals surface area contributed by atoms with Crippen LogP contribution in [0, 0.1) is 0 Å². The monoisotopic (exact) mass is 311 g/mol. The maximum atomic E-state index is 12.6. The number of phenols is 1. The van der Waals surface area contributed by atoms with Gasteiger partial charge in [-0.3, -0.25) is 4.79 Å². The fourth-order valence-electron chi connectivity index (χ4n) is 2.63. The van der Waals surface area contributed by atoms with Crippen molar-refractivity contribution in [2.24, 2.45) is 10.9 Å². The molecule has 1 amide bonds. The van der Waals surface area contributed by atoms with Crippen molar-refractivity contribution < 1.29 is 15.1 Å². The largest absolute Gasteiger partial charge is 0.507 e. The van der Waals surface area contributed by atoms with Gasteiger partial charge in [0.25, 0.3) is 5.91 Å². The number of benzene rings is 1. The van der Waals surface area contributed by atoms with Gasteiger partial charge >= 0.3 is 0 Å². The smallest absolute Gasteiger partial charge is 0.258 e. The van der Waals surface area contributed by atoms with Crippen molar-refractivity contribution in [1.29, 1.82) is 0 Å². The van der Waals surface area contributed by atoms with E-state index in [0.29, 0.717) is 5.02 Å². The van der Waals surface area contributed by atoms with E-state index in [1.54, 1.807) is 11.0 Å². The molecule has 1 aromatic carbocycles. The first-order chi connectivity index (χ1) is 10.0. The van der Waals surface area contributed by atoms with Gasteiger partial charge in [0, 0.05) is 11.1 Å². The molecule has 0 saturated heterocycles. The zero-order valence-corrected chi connectivity index (χ0v) is 12.3. The number of hydrogen-bond donors (Lipinski definition) is 3. The maximum absolute atomic E-state index is 12.6. The number of amides is 1. The van der Waals surface area contributed by atoms with Gasteiger partial charge < -0.3 is 20.9 Å². The predicted molar refractivity (Wildman–Crippen MR) is 79.8 cm³/mol. The van der Waals surface area contributed by atoms with Crippen molar-refractivity contribution in [2.45, 2.75) is 31.7 Å². The third-order valence-corrected chi connectivity index (χ3v) is 3.91. The van der Waals surface area contributed by atoms with Crippen LogP contribution in [-0.4, -0.2) is 39.5 Å². The highest BCUT2D eigenvalue weighted by molar-refractivity contribution is 6.30. The van der Waals surface area contributed by atoms with Gasteiger partial charge in [0.2, 0.25) is 0 Å². The first kappa shape index (κ1) is 15.4. The summed E-state index contributed by atoms with van der Waals surface area (Å²) in [6.07, 6.45) is 3.83. The first-order valence-electron chi connectivity index (χ1n) is 6.79. The number of nitrogens with two attached hydrogens (primary N) is 1. The summed E-state index contributed by atoms with van der Waals surface area (Å²) in [5.74, 6) is -0.554. The topological polar surface area (TPSA) is 99.2 Å². The molecule has 21 heavy (non-hydrogen) atoms. The molecule has 0 aliphatic heterocycles. The number of rotatable bonds is 4. The summed E-state index contributed by atoms with van der Waals surface area (Å²) in [5, 5.41) is 21.9. The lowest BCUT2D eigenvalue weighted by molar-refractivity contribution is 0.0709. The number of aromatic hydroxyl groups is 1. The van der Waals surface area contributed by atoms with Crippen LogP contribution in [0.25, 0.3) is 0 Å². The number of carbonyl (C=O) groups excluding carboxylic acids is 1. The molecular formula is C14H18ClN3O3. The van der Waals surface area contributed by atoms with Crippen LogP contribution < -0.4 is 5.73 Å². The van der Waals surface area contributed by atoms with Gasteiger partial charge in [0.1, 0.15) is 5.75 Å². The quantitative estimate of drug-likeness (QED) is 0.343. The Morgan fingerprint density at radius 1 is 1.43 bits per heavy atom. The number of oxime groups is 1. The van der Waals surface area contributed by atoms with Gasteiger partial charge in [-0.15, -0.1) is 0 Å². The van der Waals surface area contributed by atoms with Crippen molar-refractivity contribution >= 4 is 23.3 Å². The molecule has 0 bridgehead atoms. The molecule has 1 saturated carbocycles. The summed E-state index contributed by atoms with van der Waals surface area (Å²) >= 11 is 5.78. The fraction of sp³-hybridized carbons (Fsp3) is 0.429. The average Bonchev–Trinajstić information content (AvgIpc) is 2.97. The molecule has 6 nitrogen and oxygen atoms in total. The van der Waals surface area contributed by atoms with E-state index in [9.17, 15) is 9.90 Å². The number of amidine groups is 1. The molecule has 7 heteroatoms. The zero-order chi connectivity index (χ0) is 15.4. The predicted octanol–water partition coefficient (Wildman–Crippen LogP) is 2.18. The molecule has 0 atom stereocenters. The SMILES string of the molecule is NC(CN(C(=O)c1ccc(Cl)cc1O)C1CCCC1)=NO. The lowest BCUT2D eigenvalue weighted by atomic mass is 10.1. The third kappa shape index (κ3) is 3.58. The molecule has 0 radical (unpaired) electrons. The second-order valence-electron chi connectivity index (χ2n) is 5.12. The molecule has 0 aromatic heterocycles. The Morgan fingerprint density at radius 3 is 2.67 bits per heavy atom. The Balaban J connectivity index is 2.28. The normalized spacial score (nSPS) is 16.1. The van der Waals surface area contributed by atoms with Crippen molar-refractivity contribution in [1.82, 2.24) is 4.90 Å². The summed E-state index contributed by atoms with van der Waals surface area (Å²) in [5.41, 5.74) is 5.71. The number of carbonyl (C=O) groups is 1. The van der Waals surface area contributed by atoms with Crippen molar-refractivity contribution in [3.63, 3.8) is 0 Å². The number of nitrogens with zero attached hydrogens (tertiary/aromatic N) is 2. The van der Waals surface area contributed by atoms with Gasteiger partial charge in [0.15, 0.2) is 5.84 Å². The van der Waals surface area contributed by atoms with E-state index >= 15 is 0 Å². The highest BCUT2D eigenvalue weighted by Crippen LogP contribution is 2.28. The second-order valence-corrected chi connectivity index (χ2v) is 5.56. The Bertz CT molecular complexity index is 556. The van der Waals surface area contributed by atoms with Gasteiger partial charge in [0.05, 0.1) is 12.1 Å². The fourth-order valence-corrected chi connectivity index (χ4v) is 2.80. The molecule has 0 unspecified atom stereocenters. The van der Waals surface area contributed by atoms with Crippen LogP contribution in [-0.2, 0) is 0 Å². The lowest BCUT2D eigenvalue weighted by Gasteiger charge is -2.28. The molecule has 0 heterocycles. The van der Waals surface area contributed by atoms with Crippen LogP contribution in [0.5, 0.6) is 5.75 Å². The van der Waals surface area contributed by atoms with E-state index < -0.39 is 0 Å². The van der Waals surface area contributed by atoms with Gasteiger partial charge in [-0.2, -0.15) is 0 Å². The molecule has 1 fully saturated rings. The summed E-state index contributed by atoms with van der Waals surface area (Å²) in [4.78, 5) is 14.2. The summed E-state index contributed by atoms with van der Waals surface area (Å²) in [6.45, 7) is 0.0298. The average molecular weight is 312 g/mol. The lowest BCUT2D eigenvalue weighted by Crippen LogP contribution is -2.44. The van der Waals surface area contributed by atoms with Gasteiger partial charge in [-0.1, -0.05) is 29.6 Å². The van der Waals surface area contributed by atoms with Crippen LogP contribution in [0.15, 0.2) is 23.4 Å². The molecule has 114 valence electrons. The number of phenolic OH excluding ortho intramolecular Hbond substituents is 1. The van der Waals surface area contributed by atoms with Crippen molar-refractivity contribution in [3.8, 4) is 5.75 Å². The third-order valence-electron chi connectivity index (χ3n) is 3.68. The Kier molecular flexibility index (Phi) is 4.90. The first-order valence-corrected chi connectivity index (χ1v) is 7.16. The van der Waals surface area contributed by atoms with Crippen LogP contribution in [0.1, 0.15) is 36.0 Å². The number of halogens is 1. The summed E-state index contributed by atoms with van der Waals surface area (Å²) < 4.78 is 0. The van der Waals surface area contributed by atoms with E-state index in [0.717, 1.165) is 25.7 Å². The molecule has 2 rings (SSSR count). The molecule has 1 aliphatic carbocycles. The maximum Gasteiger partial charge on any atom is 0.258 e. The standard InChI is InChI=1S/C14H18ClN3O3/c15-9-5-6-11(12(19)7-9)14(20)18(8-13(16)17-21)10-3-1-2-4-10/h5-7,10,19,21H,1-4,8H2,(H2,16,17). The summed E-state index contributed by atoms with van der Waals surface area (Å²) in [6, 6.07) is 4.39. The van der Waals surface area contributed by atoms with Gasteiger partial charge in [-0.25, -0.2) is 0 Å². The molecule has 1 aliphatic rings. The van der Waals surface area contributed by atoms with Crippen LogP contribution in [0.4, 0.5) is 0 Å². The van der Waals surface area contributed by atoms with E-state index in [-0.39, 0.29) is 35.6 Å². The van der Waals surface area contributed by atoms with E-state index in [2.05, 4.69) is 5.16 Å². The van der Waals surface area contributed by atoms with E-state index in [1.165, 1.54) is 12.1 Å². The highest BCUT2D eigenvalue weighted by atomic mass is 35.5. The van der Waals surface area contributed by atoms with E-state index in [1.807, 2.05) is 0 Å². The highest BCUT2D eigenvalue weighted by Gasteiger charge is 2.29.